The van der Waals surface area contributed by atoms with Crippen molar-refractivity contribution < 1.29 is 4.39 Å². The summed E-state index contributed by atoms with van der Waals surface area (Å²) in [5.74, 6) is -0.507. The van der Waals surface area contributed by atoms with Crippen LogP contribution in [0, 0.1) is 12.7 Å². The highest BCUT2D eigenvalue weighted by Gasteiger charge is 2.11. The second-order valence-electron chi connectivity index (χ2n) is 3.98. The van der Waals surface area contributed by atoms with Gasteiger partial charge in [0.2, 0.25) is 0 Å². The van der Waals surface area contributed by atoms with Crippen LogP contribution in [0.15, 0.2) is 47.6 Å². The minimum atomic E-state index is -0.507. The summed E-state index contributed by atoms with van der Waals surface area (Å²) in [4.78, 5) is 0. The number of anilines is 1. The van der Waals surface area contributed by atoms with Crippen molar-refractivity contribution in [1.82, 2.24) is 0 Å². The predicted molar refractivity (Wildman–Crippen MR) is 89.9 cm³/mol. The van der Waals surface area contributed by atoms with Crippen LogP contribution in [0.2, 0.25) is 5.02 Å². The first-order chi connectivity index (χ1) is 10.1. The van der Waals surface area contributed by atoms with Crippen molar-refractivity contribution in [3.63, 3.8) is 0 Å². The summed E-state index contributed by atoms with van der Waals surface area (Å²) in [5, 5.41) is 4.12. The largest absolute Gasteiger partial charge is 0.277 e. The van der Waals surface area contributed by atoms with Gasteiger partial charge in [0.15, 0.2) is 5.17 Å². The van der Waals surface area contributed by atoms with E-state index in [2.05, 4.69) is 10.5 Å². The SMILES string of the molecule is CC.Cc1ccc(N/N=C(\Cl)c2c(F)cccc2Cl)cc1. The lowest BCUT2D eigenvalue weighted by Gasteiger charge is -2.05. The molecule has 1 N–H and O–H groups in total. The summed E-state index contributed by atoms with van der Waals surface area (Å²) >= 11 is 11.9. The van der Waals surface area contributed by atoms with Crippen LogP contribution in [0.4, 0.5) is 10.1 Å². The number of rotatable bonds is 3. The Labute approximate surface area is 134 Å². The van der Waals surface area contributed by atoms with Crippen LogP contribution >= 0.6 is 23.2 Å². The molecule has 0 aliphatic carbocycles. The van der Waals surface area contributed by atoms with Crippen molar-refractivity contribution in [3.05, 3.63) is 64.4 Å². The normalized spacial score (nSPS) is 10.7. The van der Waals surface area contributed by atoms with Gasteiger partial charge in [-0.25, -0.2) is 4.39 Å². The molecule has 21 heavy (non-hydrogen) atoms. The average Bonchev–Trinajstić information content (AvgIpc) is 2.48. The van der Waals surface area contributed by atoms with Crippen molar-refractivity contribution >= 4 is 34.1 Å². The van der Waals surface area contributed by atoms with E-state index in [9.17, 15) is 4.39 Å². The van der Waals surface area contributed by atoms with Gasteiger partial charge in [0, 0.05) is 0 Å². The molecule has 0 spiro atoms. The molecule has 0 unspecified atom stereocenters. The molecule has 0 atom stereocenters. The summed E-state index contributed by atoms with van der Waals surface area (Å²) in [6.07, 6.45) is 0. The van der Waals surface area contributed by atoms with E-state index in [1.807, 2.05) is 45.0 Å². The van der Waals surface area contributed by atoms with E-state index in [-0.39, 0.29) is 15.8 Å². The zero-order valence-corrected chi connectivity index (χ0v) is 13.6. The van der Waals surface area contributed by atoms with E-state index in [1.165, 1.54) is 12.1 Å². The maximum absolute atomic E-state index is 13.6. The van der Waals surface area contributed by atoms with Gasteiger partial charge in [0.1, 0.15) is 5.82 Å². The Kier molecular flexibility index (Phi) is 7.20. The number of aryl methyl sites for hydroxylation is 1. The lowest BCUT2D eigenvalue weighted by Crippen LogP contribution is -2.01. The average molecular weight is 327 g/mol. The zero-order valence-electron chi connectivity index (χ0n) is 12.1. The lowest BCUT2D eigenvalue weighted by atomic mass is 10.2. The molecule has 0 fully saturated rings. The van der Waals surface area contributed by atoms with Gasteiger partial charge in [0.05, 0.1) is 16.3 Å². The van der Waals surface area contributed by atoms with E-state index in [4.69, 9.17) is 23.2 Å². The van der Waals surface area contributed by atoms with Crippen LogP contribution in [0.5, 0.6) is 0 Å². The molecule has 0 aliphatic rings. The Hall–Kier alpha value is -1.58. The number of halogens is 3. The monoisotopic (exact) mass is 326 g/mol. The van der Waals surface area contributed by atoms with Gasteiger partial charge in [-0.2, -0.15) is 5.10 Å². The summed E-state index contributed by atoms with van der Waals surface area (Å²) in [6, 6.07) is 11.9. The molecule has 2 nitrogen and oxygen atoms in total. The molecule has 0 aromatic heterocycles. The minimum Gasteiger partial charge on any atom is -0.277 e. The molecule has 0 amide bonds. The number of nitrogens with one attached hydrogen (secondary N) is 1. The number of benzene rings is 2. The number of hydrogen-bond donors (Lipinski definition) is 1. The fourth-order valence-corrected chi connectivity index (χ4v) is 2.03. The molecule has 0 saturated heterocycles. The highest BCUT2D eigenvalue weighted by molar-refractivity contribution is 6.70. The Balaban J connectivity index is 0.00000106. The van der Waals surface area contributed by atoms with Gasteiger partial charge in [-0.15, -0.1) is 0 Å². The fourth-order valence-electron chi connectivity index (χ4n) is 1.49. The smallest absolute Gasteiger partial charge is 0.160 e. The Morgan fingerprint density at radius 3 is 2.29 bits per heavy atom. The molecule has 2 aromatic rings. The quantitative estimate of drug-likeness (QED) is 0.557. The third kappa shape index (κ3) is 5.03. The maximum Gasteiger partial charge on any atom is 0.160 e. The fraction of sp³-hybridized carbons (Fsp3) is 0.188. The summed E-state index contributed by atoms with van der Waals surface area (Å²) < 4.78 is 13.6. The van der Waals surface area contributed by atoms with Crippen molar-refractivity contribution in [2.75, 3.05) is 5.43 Å². The third-order valence-corrected chi connectivity index (χ3v) is 3.09. The van der Waals surface area contributed by atoms with Gasteiger partial charge in [-0.1, -0.05) is 60.8 Å². The molecule has 0 heterocycles. The van der Waals surface area contributed by atoms with Gasteiger partial charge >= 0.3 is 0 Å². The summed E-state index contributed by atoms with van der Waals surface area (Å²) in [5.41, 5.74) is 4.74. The van der Waals surface area contributed by atoms with Crippen molar-refractivity contribution in [2.45, 2.75) is 20.8 Å². The van der Waals surface area contributed by atoms with Crippen LogP contribution < -0.4 is 5.43 Å². The standard InChI is InChI=1S/C14H11Cl2FN2.C2H6/c1-9-5-7-10(8-6-9)18-19-14(16)13-11(15)3-2-4-12(13)17;1-2/h2-8,18H,1H3;1-2H3/b19-14-;. The van der Waals surface area contributed by atoms with E-state index in [0.29, 0.717) is 0 Å². The molecule has 0 aliphatic heterocycles. The Morgan fingerprint density at radius 2 is 1.71 bits per heavy atom. The van der Waals surface area contributed by atoms with E-state index in [1.54, 1.807) is 6.07 Å². The maximum atomic E-state index is 13.6. The summed E-state index contributed by atoms with van der Waals surface area (Å²) in [7, 11) is 0. The Morgan fingerprint density at radius 1 is 1.10 bits per heavy atom. The highest BCUT2D eigenvalue weighted by atomic mass is 35.5. The van der Waals surface area contributed by atoms with Gasteiger partial charge in [-0.05, 0) is 31.2 Å². The highest BCUT2D eigenvalue weighted by Crippen LogP contribution is 2.21. The van der Waals surface area contributed by atoms with Crippen LogP contribution in [0.1, 0.15) is 25.0 Å². The summed E-state index contributed by atoms with van der Waals surface area (Å²) in [6.45, 7) is 5.99. The van der Waals surface area contributed by atoms with E-state index >= 15 is 0 Å². The van der Waals surface area contributed by atoms with E-state index < -0.39 is 5.82 Å². The molecule has 2 aromatic carbocycles. The van der Waals surface area contributed by atoms with Crippen LogP contribution in [-0.4, -0.2) is 5.17 Å². The molecule has 0 saturated carbocycles. The van der Waals surface area contributed by atoms with Crippen molar-refractivity contribution in [1.29, 1.82) is 0 Å². The molecule has 0 radical (unpaired) electrons. The van der Waals surface area contributed by atoms with Crippen molar-refractivity contribution in [2.24, 2.45) is 5.10 Å². The van der Waals surface area contributed by atoms with Gasteiger partial charge in [0.25, 0.3) is 0 Å². The predicted octanol–water partition coefficient (Wildman–Crippen LogP) is 5.83. The first-order valence-corrected chi connectivity index (χ1v) is 7.34. The molecule has 5 heteroatoms. The lowest BCUT2D eigenvalue weighted by molar-refractivity contribution is 0.626. The van der Waals surface area contributed by atoms with Crippen LogP contribution in [0.3, 0.4) is 0 Å². The van der Waals surface area contributed by atoms with Gasteiger partial charge < -0.3 is 0 Å². The molecular formula is C16H17Cl2FN2. The molecular weight excluding hydrogens is 310 g/mol. The van der Waals surface area contributed by atoms with Crippen LogP contribution in [-0.2, 0) is 0 Å². The molecule has 2 rings (SSSR count). The molecule has 112 valence electrons. The minimum absolute atomic E-state index is 0.0244. The first-order valence-electron chi connectivity index (χ1n) is 6.58. The van der Waals surface area contributed by atoms with Crippen LogP contribution in [0.25, 0.3) is 0 Å². The number of nitrogens with zero attached hydrogens (tertiary/aromatic N) is 1. The number of hydrogen-bond acceptors (Lipinski definition) is 2. The van der Waals surface area contributed by atoms with E-state index in [0.717, 1.165) is 11.3 Å². The first kappa shape index (κ1) is 17.5. The number of hydrazone groups is 1. The van der Waals surface area contributed by atoms with Gasteiger partial charge in [-0.3, -0.25) is 5.43 Å². The topological polar surface area (TPSA) is 24.4 Å². The second kappa shape index (κ2) is 8.65. The zero-order chi connectivity index (χ0) is 15.8. The third-order valence-electron chi connectivity index (χ3n) is 2.50. The van der Waals surface area contributed by atoms with Crippen molar-refractivity contribution in [3.8, 4) is 0 Å². The Bertz CT molecular complexity index is 590. The second-order valence-corrected chi connectivity index (χ2v) is 4.74. The molecule has 0 bridgehead atoms.